The number of carbonyl (C=O) groups is 1. The molecule has 0 atom stereocenters. The number of piperidine rings is 1. The van der Waals surface area contributed by atoms with Gasteiger partial charge in [0, 0.05) is 11.1 Å². The Morgan fingerprint density at radius 1 is 1.38 bits per heavy atom. The van der Waals surface area contributed by atoms with Crippen molar-refractivity contribution in [3.63, 3.8) is 0 Å². The quantitative estimate of drug-likeness (QED) is 0.868. The molecule has 2 heterocycles. The van der Waals surface area contributed by atoms with E-state index in [-0.39, 0.29) is 5.91 Å². The minimum absolute atomic E-state index is 0.0136. The number of rotatable bonds is 1. The molecule has 1 amide bonds. The lowest BCUT2D eigenvalue weighted by atomic mass is 9.73. The SMILES string of the molecule is CC(C)N1CCC2(CC1)C(=O)Nc1c(C#N)cc(Cl)cc12. The zero-order valence-electron chi connectivity index (χ0n) is 12.2. The maximum Gasteiger partial charge on any atom is 0.235 e. The molecule has 0 radical (unpaired) electrons. The Morgan fingerprint density at radius 3 is 2.62 bits per heavy atom. The Balaban J connectivity index is 2.02. The summed E-state index contributed by atoms with van der Waals surface area (Å²) in [5.74, 6) is 0.0136. The highest BCUT2D eigenvalue weighted by molar-refractivity contribution is 6.31. The summed E-state index contributed by atoms with van der Waals surface area (Å²) >= 11 is 6.14. The van der Waals surface area contributed by atoms with Gasteiger partial charge in [0.2, 0.25) is 5.91 Å². The Morgan fingerprint density at radius 2 is 2.05 bits per heavy atom. The van der Waals surface area contributed by atoms with Crippen LogP contribution < -0.4 is 5.32 Å². The van der Waals surface area contributed by atoms with Gasteiger partial charge >= 0.3 is 0 Å². The van der Waals surface area contributed by atoms with Crippen LogP contribution in [0.1, 0.15) is 37.8 Å². The van der Waals surface area contributed by atoms with Crippen LogP contribution in [0.4, 0.5) is 5.69 Å². The normalized spacial score (nSPS) is 20.4. The van der Waals surface area contributed by atoms with Gasteiger partial charge in [-0.05, 0) is 57.5 Å². The number of nitriles is 1. The van der Waals surface area contributed by atoms with Gasteiger partial charge in [0.05, 0.1) is 16.7 Å². The maximum absolute atomic E-state index is 12.6. The number of likely N-dealkylation sites (tertiary alicyclic amines) is 1. The van der Waals surface area contributed by atoms with Gasteiger partial charge < -0.3 is 10.2 Å². The van der Waals surface area contributed by atoms with Crippen molar-refractivity contribution >= 4 is 23.2 Å². The molecular formula is C16H18ClN3O. The number of amides is 1. The van der Waals surface area contributed by atoms with Gasteiger partial charge in [-0.15, -0.1) is 0 Å². The van der Waals surface area contributed by atoms with E-state index in [1.54, 1.807) is 6.07 Å². The smallest absolute Gasteiger partial charge is 0.235 e. The lowest BCUT2D eigenvalue weighted by Crippen LogP contribution is -2.48. The number of hydrogen-bond donors (Lipinski definition) is 1. The van der Waals surface area contributed by atoms with E-state index in [1.165, 1.54) is 0 Å². The van der Waals surface area contributed by atoms with Crippen LogP contribution in [-0.2, 0) is 10.2 Å². The molecule has 2 aliphatic heterocycles. The number of carbonyl (C=O) groups excluding carboxylic acids is 1. The first-order chi connectivity index (χ1) is 9.98. The Kier molecular flexibility index (Phi) is 3.43. The first-order valence-electron chi connectivity index (χ1n) is 7.27. The van der Waals surface area contributed by atoms with E-state index < -0.39 is 5.41 Å². The lowest BCUT2D eigenvalue weighted by Gasteiger charge is -2.39. The maximum atomic E-state index is 12.6. The zero-order chi connectivity index (χ0) is 15.2. The summed E-state index contributed by atoms with van der Waals surface area (Å²) < 4.78 is 0. The minimum Gasteiger partial charge on any atom is -0.324 e. The molecule has 0 saturated carbocycles. The molecule has 2 aliphatic rings. The molecule has 21 heavy (non-hydrogen) atoms. The fraction of sp³-hybridized carbons (Fsp3) is 0.500. The van der Waals surface area contributed by atoms with Crippen LogP contribution in [0.5, 0.6) is 0 Å². The number of fused-ring (bicyclic) bond motifs is 2. The molecule has 1 fully saturated rings. The van der Waals surface area contributed by atoms with Gasteiger partial charge in [0.1, 0.15) is 6.07 Å². The third kappa shape index (κ3) is 2.12. The van der Waals surface area contributed by atoms with Crippen LogP contribution in [0, 0.1) is 11.3 Å². The Labute approximate surface area is 129 Å². The third-order valence-corrected chi connectivity index (χ3v) is 5.01. The number of halogens is 1. The van der Waals surface area contributed by atoms with Crippen LogP contribution in [0.3, 0.4) is 0 Å². The molecule has 5 heteroatoms. The second-order valence-corrected chi connectivity index (χ2v) is 6.59. The first kappa shape index (κ1) is 14.4. The summed E-state index contributed by atoms with van der Waals surface area (Å²) in [6.45, 7) is 6.12. The van der Waals surface area contributed by atoms with Crippen LogP contribution in [-0.4, -0.2) is 29.9 Å². The van der Waals surface area contributed by atoms with Crippen molar-refractivity contribution in [2.24, 2.45) is 0 Å². The van der Waals surface area contributed by atoms with Crippen molar-refractivity contribution in [1.29, 1.82) is 5.26 Å². The van der Waals surface area contributed by atoms with Crippen molar-refractivity contribution in [2.75, 3.05) is 18.4 Å². The van der Waals surface area contributed by atoms with Gasteiger partial charge in [0.25, 0.3) is 0 Å². The van der Waals surface area contributed by atoms with E-state index in [0.717, 1.165) is 31.5 Å². The zero-order valence-corrected chi connectivity index (χ0v) is 13.0. The van der Waals surface area contributed by atoms with Crippen molar-refractivity contribution in [3.8, 4) is 6.07 Å². The van der Waals surface area contributed by atoms with Gasteiger partial charge in [-0.3, -0.25) is 4.79 Å². The predicted octanol–water partition coefficient (Wildman–Crippen LogP) is 2.91. The molecule has 1 aromatic rings. The summed E-state index contributed by atoms with van der Waals surface area (Å²) in [7, 11) is 0. The molecule has 0 aliphatic carbocycles. The van der Waals surface area contributed by atoms with E-state index in [0.29, 0.717) is 22.3 Å². The van der Waals surface area contributed by atoms with Crippen LogP contribution >= 0.6 is 11.6 Å². The molecule has 0 unspecified atom stereocenters. The lowest BCUT2D eigenvalue weighted by molar-refractivity contribution is -0.122. The van der Waals surface area contributed by atoms with Crippen molar-refractivity contribution in [2.45, 2.75) is 38.1 Å². The van der Waals surface area contributed by atoms with Crippen LogP contribution in [0.25, 0.3) is 0 Å². The Hall–Kier alpha value is -1.57. The molecule has 110 valence electrons. The number of nitrogens with zero attached hydrogens (tertiary/aromatic N) is 2. The highest BCUT2D eigenvalue weighted by Crippen LogP contribution is 2.47. The molecule has 3 rings (SSSR count). The molecule has 1 N–H and O–H groups in total. The van der Waals surface area contributed by atoms with E-state index >= 15 is 0 Å². The van der Waals surface area contributed by atoms with Gasteiger partial charge in [0.15, 0.2) is 0 Å². The van der Waals surface area contributed by atoms with E-state index in [9.17, 15) is 10.1 Å². The van der Waals surface area contributed by atoms with Gasteiger partial charge in [-0.25, -0.2) is 0 Å². The van der Waals surface area contributed by atoms with E-state index in [1.807, 2.05) is 6.07 Å². The Bertz CT molecular complexity index is 640. The molecule has 0 bridgehead atoms. The van der Waals surface area contributed by atoms with Gasteiger partial charge in [-0.1, -0.05) is 11.6 Å². The highest BCUT2D eigenvalue weighted by atomic mass is 35.5. The predicted molar refractivity (Wildman–Crippen MR) is 82.4 cm³/mol. The number of benzene rings is 1. The molecular weight excluding hydrogens is 286 g/mol. The fourth-order valence-corrected chi connectivity index (χ4v) is 3.70. The largest absolute Gasteiger partial charge is 0.324 e. The monoisotopic (exact) mass is 303 g/mol. The summed E-state index contributed by atoms with van der Waals surface area (Å²) in [5, 5.41) is 12.7. The van der Waals surface area contributed by atoms with Crippen LogP contribution in [0.15, 0.2) is 12.1 Å². The number of hydrogen-bond acceptors (Lipinski definition) is 3. The molecule has 0 aromatic heterocycles. The molecule has 4 nitrogen and oxygen atoms in total. The minimum atomic E-state index is -0.517. The second-order valence-electron chi connectivity index (χ2n) is 6.15. The van der Waals surface area contributed by atoms with Crippen molar-refractivity contribution < 1.29 is 4.79 Å². The summed E-state index contributed by atoms with van der Waals surface area (Å²) in [6, 6.07) is 6.08. The molecule has 1 saturated heterocycles. The summed E-state index contributed by atoms with van der Waals surface area (Å²) in [6.07, 6.45) is 1.55. The van der Waals surface area contributed by atoms with Crippen molar-refractivity contribution in [3.05, 3.63) is 28.3 Å². The first-order valence-corrected chi connectivity index (χ1v) is 7.65. The second kappa shape index (κ2) is 5.01. The summed E-state index contributed by atoms with van der Waals surface area (Å²) in [4.78, 5) is 15.0. The average molecular weight is 304 g/mol. The standard InChI is InChI=1S/C16H18ClN3O/c1-10(2)20-5-3-16(4-6-20)13-8-12(17)7-11(9-18)14(13)19-15(16)21/h7-8,10H,3-6H2,1-2H3,(H,19,21). The number of anilines is 1. The van der Waals surface area contributed by atoms with Gasteiger partial charge in [-0.2, -0.15) is 5.26 Å². The van der Waals surface area contributed by atoms with Crippen LogP contribution in [0.2, 0.25) is 5.02 Å². The molecule has 1 spiro atoms. The van der Waals surface area contributed by atoms with E-state index in [4.69, 9.17) is 11.6 Å². The topological polar surface area (TPSA) is 56.1 Å². The van der Waals surface area contributed by atoms with Crippen molar-refractivity contribution in [1.82, 2.24) is 4.90 Å². The van der Waals surface area contributed by atoms with E-state index in [2.05, 4.69) is 30.1 Å². The highest BCUT2D eigenvalue weighted by Gasteiger charge is 2.49. The number of nitrogens with one attached hydrogen (secondary N) is 1. The fourth-order valence-electron chi connectivity index (χ4n) is 3.48. The summed E-state index contributed by atoms with van der Waals surface area (Å²) in [5.41, 5.74) is 1.50. The molecule has 1 aromatic carbocycles. The third-order valence-electron chi connectivity index (χ3n) is 4.79. The average Bonchev–Trinajstić information content (AvgIpc) is 2.72.